The van der Waals surface area contributed by atoms with Gasteiger partial charge in [0, 0.05) is 13.1 Å². The molecule has 1 saturated carbocycles. The molecule has 1 unspecified atom stereocenters. The molecule has 0 aromatic heterocycles. The highest BCUT2D eigenvalue weighted by molar-refractivity contribution is 7.90. The molecule has 2 N–H and O–H groups in total. The zero-order chi connectivity index (χ0) is 12.7. The van der Waals surface area contributed by atoms with Gasteiger partial charge in [-0.1, -0.05) is 19.8 Å². The molecule has 1 rings (SSSR count). The molecule has 0 radical (unpaired) electrons. The lowest BCUT2D eigenvalue weighted by atomic mass is 10.1. The lowest BCUT2D eigenvalue weighted by molar-refractivity contribution is 0.511. The molecule has 17 heavy (non-hydrogen) atoms. The molecule has 0 aromatic rings. The fourth-order valence-corrected chi connectivity index (χ4v) is 3.27. The van der Waals surface area contributed by atoms with Crippen molar-refractivity contribution < 1.29 is 8.42 Å². The highest BCUT2D eigenvalue weighted by Gasteiger charge is 2.22. The number of rotatable bonds is 8. The second kappa shape index (κ2) is 7.34. The van der Waals surface area contributed by atoms with E-state index in [1.54, 1.807) is 6.92 Å². The van der Waals surface area contributed by atoms with E-state index in [1.807, 2.05) is 0 Å². The van der Waals surface area contributed by atoms with Gasteiger partial charge in [0.2, 0.25) is 10.0 Å². The summed E-state index contributed by atoms with van der Waals surface area (Å²) in [6.45, 7) is 5.88. The smallest absolute Gasteiger partial charge is 0.215 e. The van der Waals surface area contributed by atoms with Crippen LogP contribution in [-0.4, -0.2) is 33.3 Å². The van der Waals surface area contributed by atoms with E-state index in [9.17, 15) is 8.42 Å². The monoisotopic (exact) mass is 262 g/mol. The van der Waals surface area contributed by atoms with E-state index in [1.165, 1.54) is 25.7 Å². The van der Waals surface area contributed by atoms with E-state index in [4.69, 9.17) is 0 Å². The normalized spacial score (nSPS) is 19.6. The maximum Gasteiger partial charge on any atom is 0.215 e. The van der Waals surface area contributed by atoms with E-state index in [2.05, 4.69) is 17.0 Å². The Balaban J connectivity index is 2.27. The summed E-state index contributed by atoms with van der Waals surface area (Å²) >= 11 is 0. The Morgan fingerprint density at radius 1 is 1.29 bits per heavy atom. The van der Waals surface area contributed by atoms with E-state index >= 15 is 0 Å². The van der Waals surface area contributed by atoms with Crippen molar-refractivity contribution in [3.63, 3.8) is 0 Å². The Kier molecular flexibility index (Phi) is 6.44. The van der Waals surface area contributed by atoms with Crippen LogP contribution in [0.4, 0.5) is 0 Å². The van der Waals surface area contributed by atoms with Crippen LogP contribution in [0, 0.1) is 5.92 Å². The third kappa shape index (κ3) is 5.36. The van der Waals surface area contributed by atoms with Gasteiger partial charge in [-0.05, 0) is 38.6 Å². The highest BCUT2D eigenvalue weighted by Crippen LogP contribution is 2.23. The van der Waals surface area contributed by atoms with Gasteiger partial charge in [-0.15, -0.1) is 0 Å². The first kappa shape index (κ1) is 14.9. The van der Waals surface area contributed by atoms with Crippen molar-refractivity contribution in [1.29, 1.82) is 0 Å². The first-order valence-electron chi connectivity index (χ1n) is 6.75. The predicted molar refractivity (Wildman–Crippen MR) is 71.5 cm³/mol. The molecule has 0 bridgehead atoms. The molecule has 1 aliphatic rings. The molecule has 4 nitrogen and oxygen atoms in total. The molecular formula is C12H26N2O2S. The maximum atomic E-state index is 11.9. The minimum absolute atomic E-state index is 0.351. The number of sulfonamides is 1. The van der Waals surface area contributed by atoms with E-state index in [-0.39, 0.29) is 5.25 Å². The van der Waals surface area contributed by atoms with Crippen LogP contribution in [0.25, 0.3) is 0 Å². The SMILES string of the molecule is CCCNCC(C)S(=O)(=O)NCC1CCCC1. The van der Waals surface area contributed by atoms with Crippen LogP contribution in [0.2, 0.25) is 0 Å². The number of nitrogens with one attached hydrogen (secondary N) is 2. The minimum atomic E-state index is -3.14. The van der Waals surface area contributed by atoms with Crippen LogP contribution in [0.5, 0.6) is 0 Å². The van der Waals surface area contributed by atoms with Crippen LogP contribution in [0.15, 0.2) is 0 Å². The fourth-order valence-electron chi connectivity index (χ4n) is 2.18. The molecular weight excluding hydrogens is 236 g/mol. The van der Waals surface area contributed by atoms with Crippen molar-refractivity contribution in [3.05, 3.63) is 0 Å². The largest absolute Gasteiger partial charge is 0.315 e. The molecule has 5 heteroatoms. The zero-order valence-corrected chi connectivity index (χ0v) is 11.9. The summed E-state index contributed by atoms with van der Waals surface area (Å²) in [4.78, 5) is 0. The Labute approximate surface area is 106 Å². The van der Waals surface area contributed by atoms with Crippen molar-refractivity contribution in [2.75, 3.05) is 19.6 Å². The molecule has 0 heterocycles. The summed E-state index contributed by atoms with van der Waals surface area (Å²) in [7, 11) is -3.14. The molecule has 1 aliphatic carbocycles. The third-order valence-electron chi connectivity index (χ3n) is 3.44. The van der Waals surface area contributed by atoms with Gasteiger partial charge in [0.1, 0.15) is 0 Å². The maximum absolute atomic E-state index is 11.9. The van der Waals surface area contributed by atoms with Crippen molar-refractivity contribution in [1.82, 2.24) is 10.0 Å². The summed E-state index contributed by atoms with van der Waals surface area (Å²) < 4.78 is 26.6. The van der Waals surface area contributed by atoms with Gasteiger partial charge in [-0.2, -0.15) is 0 Å². The number of hydrogen-bond donors (Lipinski definition) is 2. The molecule has 0 spiro atoms. The standard InChI is InChI=1S/C12H26N2O2S/c1-3-8-13-9-11(2)17(15,16)14-10-12-6-4-5-7-12/h11-14H,3-10H2,1-2H3. The van der Waals surface area contributed by atoms with Crippen LogP contribution in [-0.2, 0) is 10.0 Å². The van der Waals surface area contributed by atoms with Gasteiger partial charge in [-0.3, -0.25) is 0 Å². The molecule has 1 fully saturated rings. The molecule has 0 aliphatic heterocycles. The summed E-state index contributed by atoms with van der Waals surface area (Å²) in [6, 6.07) is 0. The van der Waals surface area contributed by atoms with Crippen molar-refractivity contribution in [2.24, 2.45) is 5.92 Å². The topological polar surface area (TPSA) is 58.2 Å². The average Bonchev–Trinajstić information content (AvgIpc) is 2.79. The van der Waals surface area contributed by atoms with Gasteiger partial charge >= 0.3 is 0 Å². The van der Waals surface area contributed by atoms with Gasteiger partial charge in [0.05, 0.1) is 5.25 Å². The van der Waals surface area contributed by atoms with Gasteiger partial charge in [0.15, 0.2) is 0 Å². The molecule has 0 amide bonds. The molecule has 1 atom stereocenters. The summed E-state index contributed by atoms with van der Waals surface area (Å²) in [5, 5.41) is 2.80. The molecule has 102 valence electrons. The average molecular weight is 262 g/mol. The third-order valence-corrected chi connectivity index (χ3v) is 5.23. The second-order valence-corrected chi connectivity index (χ2v) is 7.24. The first-order chi connectivity index (χ1) is 8.06. The van der Waals surface area contributed by atoms with Crippen LogP contribution >= 0.6 is 0 Å². The number of hydrogen-bond acceptors (Lipinski definition) is 3. The zero-order valence-electron chi connectivity index (χ0n) is 11.0. The Morgan fingerprint density at radius 3 is 2.53 bits per heavy atom. The van der Waals surface area contributed by atoms with Crippen molar-refractivity contribution in [3.8, 4) is 0 Å². The Bertz CT molecular complexity index is 298. The quantitative estimate of drug-likeness (QED) is 0.652. The lowest BCUT2D eigenvalue weighted by Crippen LogP contribution is -2.40. The Morgan fingerprint density at radius 2 is 1.94 bits per heavy atom. The van der Waals surface area contributed by atoms with Gasteiger partial charge < -0.3 is 5.32 Å². The second-order valence-electron chi connectivity index (χ2n) is 5.06. The first-order valence-corrected chi connectivity index (χ1v) is 8.30. The van der Waals surface area contributed by atoms with Crippen LogP contribution < -0.4 is 10.0 Å². The summed E-state index contributed by atoms with van der Waals surface area (Å²) in [6.07, 6.45) is 5.87. The van der Waals surface area contributed by atoms with E-state index < -0.39 is 10.0 Å². The van der Waals surface area contributed by atoms with Gasteiger partial charge in [0.25, 0.3) is 0 Å². The fraction of sp³-hybridized carbons (Fsp3) is 1.00. The lowest BCUT2D eigenvalue weighted by Gasteiger charge is -2.16. The van der Waals surface area contributed by atoms with Crippen molar-refractivity contribution in [2.45, 2.75) is 51.2 Å². The highest BCUT2D eigenvalue weighted by atomic mass is 32.2. The summed E-state index contributed by atoms with van der Waals surface area (Å²) in [5.74, 6) is 0.556. The van der Waals surface area contributed by atoms with Crippen LogP contribution in [0.3, 0.4) is 0 Å². The van der Waals surface area contributed by atoms with E-state index in [0.29, 0.717) is 19.0 Å². The molecule has 0 aromatic carbocycles. The van der Waals surface area contributed by atoms with Gasteiger partial charge in [-0.25, -0.2) is 13.1 Å². The van der Waals surface area contributed by atoms with E-state index in [0.717, 1.165) is 13.0 Å². The van der Waals surface area contributed by atoms with Crippen molar-refractivity contribution >= 4 is 10.0 Å². The molecule has 0 saturated heterocycles. The Hall–Kier alpha value is -0.130. The van der Waals surface area contributed by atoms with Crippen LogP contribution in [0.1, 0.15) is 46.0 Å². The minimum Gasteiger partial charge on any atom is -0.315 e. The summed E-state index contributed by atoms with van der Waals surface area (Å²) in [5.41, 5.74) is 0. The predicted octanol–water partition coefficient (Wildman–Crippen LogP) is 1.48.